The molecule has 2 aromatic rings. The molecule has 0 aliphatic heterocycles. The van der Waals surface area contributed by atoms with Crippen LogP contribution in [0.15, 0.2) is 36.4 Å². The molecule has 1 aliphatic carbocycles. The summed E-state index contributed by atoms with van der Waals surface area (Å²) in [6.45, 7) is 0.104. The number of rotatable bonds is 4. The lowest BCUT2D eigenvalue weighted by atomic mass is 10.0. The minimum absolute atomic E-state index is 0.104. The molecule has 2 aromatic carbocycles. The maximum Gasteiger partial charge on any atom is 0.311 e. The third-order valence-corrected chi connectivity index (χ3v) is 4.01. The molecule has 108 valence electrons. The maximum absolute atomic E-state index is 13.7. The predicted molar refractivity (Wildman–Crippen MR) is 75.5 cm³/mol. The van der Waals surface area contributed by atoms with Gasteiger partial charge in [0.25, 0.3) is 5.91 Å². The Kier molecular flexibility index (Phi) is 3.12. The number of halogens is 1. The maximum atomic E-state index is 13.7. The number of carboxylic acid groups (broad SMARTS) is 1. The number of nitrogens with one attached hydrogen (secondary N) is 1. The van der Waals surface area contributed by atoms with Gasteiger partial charge in [-0.3, -0.25) is 9.59 Å². The average molecular weight is 287 g/mol. The van der Waals surface area contributed by atoms with E-state index in [4.69, 9.17) is 5.11 Å². The van der Waals surface area contributed by atoms with Gasteiger partial charge in [-0.1, -0.05) is 24.3 Å². The summed E-state index contributed by atoms with van der Waals surface area (Å²) in [6.07, 6.45) is 1.15. The number of carbonyl (C=O) groups excluding carboxylic acids is 1. The molecule has 0 radical (unpaired) electrons. The van der Waals surface area contributed by atoms with E-state index in [1.54, 1.807) is 24.3 Å². The van der Waals surface area contributed by atoms with Gasteiger partial charge >= 0.3 is 5.97 Å². The Morgan fingerprint density at radius 3 is 2.43 bits per heavy atom. The van der Waals surface area contributed by atoms with E-state index in [0.717, 1.165) is 0 Å². The van der Waals surface area contributed by atoms with Gasteiger partial charge in [-0.15, -0.1) is 0 Å². The van der Waals surface area contributed by atoms with Crippen molar-refractivity contribution in [3.05, 3.63) is 47.8 Å². The van der Waals surface area contributed by atoms with E-state index >= 15 is 0 Å². The van der Waals surface area contributed by atoms with Crippen molar-refractivity contribution in [1.82, 2.24) is 5.32 Å². The second-order valence-electron chi connectivity index (χ2n) is 5.41. The van der Waals surface area contributed by atoms with Crippen LogP contribution in [0.3, 0.4) is 0 Å². The van der Waals surface area contributed by atoms with Crippen molar-refractivity contribution >= 4 is 22.6 Å². The summed E-state index contributed by atoms with van der Waals surface area (Å²) in [5.74, 6) is -1.64. The summed E-state index contributed by atoms with van der Waals surface area (Å²) in [5.41, 5.74) is -0.459. The smallest absolute Gasteiger partial charge is 0.311 e. The van der Waals surface area contributed by atoms with Gasteiger partial charge in [0.05, 0.1) is 5.41 Å². The van der Waals surface area contributed by atoms with E-state index in [9.17, 15) is 14.0 Å². The molecule has 0 saturated heterocycles. The molecule has 5 heteroatoms. The standard InChI is InChI=1S/C16H14FNO3/c17-13-6-5-12(10-3-1-2-4-11(10)13)14(19)18-9-16(7-8-16)15(20)21/h1-6H,7-9H2,(H,18,19)(H,20,21). The third-order valence-electron chi connectivity index (χ3n) is 4.01. The Balaban J connectivity index is 1.86. The lowest BCUT2D eigenvalue weighted by molar-refractivity contribution is -0.143. The Labute approximate surface area is 120 Å². The molecule has 0 spiro atoms. The molecule has 0 aromatic heterocycles. The molecule has 3 rings (SSSR count). The number of hydrogen-bond acceptors (Lipinski definition) is 2. The van der Waals surface area contributed by atoms with Crippen LogP contribution in [0.2, 0.25) is 0 Å². The topological polar surface area (TPSA) is 66.4 Å². The van der Waals surface area contributed by atoms with Crippen LogP contribution in [0, 0.1) is 11.2 Å². The van der Waals surface area contributed by atoms with Gasteiger partial charge in [-0.25, -0.2) is 4.39 Å². The van der Waals surface area contributed by atoms with E-state index in [2.05, 4.69) is 5.32 Å². The monoisotopic (exact) mass is 287 g/mol. The Morgan fingerprint density at radius 2 is 1.81 bits per heavy atom. The predicted octanol–water partition coefficient (Wildman–Crippen LogP) is 2.57. The van der Waals surface area contributed by atoms with Crippen molar-refractivity contribution in [2.24, 2.45) is 5.41 Å². The number of aliphatic carboxylic acids is 1. The van der Waals surface area contributed by atoms with Crippen molar-refractivity contribution < 1.29 is 19.1 Å². The number of amides is 1. The first-order chi connectivity index (χ1) is 10.0. The van der Waals surface area contributed by atoms with E-state index < -0.39 is 11.4 Å². The molecule has 1 fully saturated rings. The van der Waals surface area contributed by atoms with Gasteiger partial charge in [0, 0.05) is 17.5 Å². The highest BCUT2D eigenvalue weighted by molar-refractivity contribution is 6.07. The van der Waals surface area contributed by atoms with E-state index in [1.165, 1.54) is 12.1 Å². The van der Waals surface area contributed by atoms with Gasteiger partial charge in [-0.05, 0) is 30.4 Å². The molecule has 2 N–H and O–H groups in total. The third kappa shape index (κ3) is 2.35. The van der Waals surface area contributed by atoms with Gasteiger partial charge < -0.3 is 10.4 Å². The molecular weight excluding hydrogens is 273 g/mol. The summed E-state index contributed by atoms with van der Waals surface area (Å²) in [4.78, 5) is 23.3. The number of hydrogen-bond donors (Lipinski definition) is 2. The fourth-order valence-corrected chi connectivity index (χ4v) is 2.42. The minimum Gasteiger partial charge on any atom is -0.481 e. The van der Waals surface area contributed by atoms with Gasteiger partial charge in [0.15, 0.2) is 0 Å². The van der Waals surface area contributed by atoms with E-state index in [0.29, 0.717) is 29.2 Å². The van der Waals surface area contributed by atoms with Crippen molar-refractivity contribution in [2.75, 3.05) is 6.54 Å². The zero-order valence-corrected chi connectivity index (χ0v) is 11.2. The SMILES string of the molecule is O=C(NCC1(C(=O)O)CC1)c1ccc(F)c2ccccc12. The first-order valence-electron chi connectivity index (χ1n) is 6.72. The van der Waals surface area contributed by atoms with Crippen LogP contribution in [0.25, 0.3) is 10.8 Å². The largest absolute Gasteiger partial charge is 0.481 e. The van der Waals surface area contributed by atoms with Crippen LogP contribution in [-0.4, -0.2) is 23.5 Å². The summed E-state index contributed by atoms with van der Waals surface area (Å²) in [7, 11) is 0. The molecule has 4 nitrogen and oxygen atoms in total. The van der Waals surface area contributed by atoms with Crippen molar-refractivity contribution in [3.63, 3.8) is 0 Å². The molecular formula is C16H14FNO3. The van der Waals surface area contributed by atoms with Gasteiger partial charge in [-0.2, -0.15) is 0 Å². The number of fused-ring (bicyclic) bond motifs is 1. The van der Waals surface area contributed by atoms with Gasteiger partial charge in [0.1, 0.15) is 5.82 Å². The Bertz CT molecular complexity index is 737. The molecule has 0 atom stereocenters. The molecule has 0 heterocycles. The molecule has 1 aliphatic rings. The summed E-state index contributed by atoms with van der Waals surface area (Å²) >= 11 is 0. The van der Waals surface area contributed by atoms with Crippen LogP contribution >= 0.6 is 0 Å². The highest BCUT2D eigenvalue weighted by Gasteiger charge is 2.50. The van der Waals surface area contributed by atoms with Crippen molar-refractivity contribution in [1.29, 1.82) is 0 Å². The molecule has 1 saturated carbocycles. The molecule has 21 heavy (non-hydrogen) atoms. The first kappa shape index (κ1) is 13.5. The Hall–Kier alpha value is -2.43. The van der Waals surface area contributed by atoms with E-state index in [1.807, 2.05) is 0 Å². The van der Waals surface area contributed by atoms with Crippen LogP contribution in [-0.2, 0) is 4.79 Å². The van der Waals surface area contributed by atoms with Crippen LogP contribution in [0.1, 0.15) is 23.2 Å². The first-order valence-corrected chi connectivity index (χ1v) is 6.72. The van der Waals surface area contributed by atoms with Crippen LogP contribution < -0.4 is 5.32 Å². The minimum atomic E-state index is -0.883. The number of carboxylic acids is 1. The highest BCUT2D eigenvalue weighted by Crippen LogP contribution is 2.45. The van der Waals surface area contributed by atoms with Gasteiger partial charge in [0.2, 0.25) is 0 Å². The fraction of sp³-hybridized carbons (Fsp3) is 0.250. The second kappa shape index (κ2) is 4.84. The lowest BCUT2D eigenvalue weighted by Gasteiger charge is -2.12. The zero-order chi connectivity index (χ0) is 15.0. The number of benzene rings is 2. The van der Waals surface area contributed by atoms with Crippen LogP contribution in [0.4, 0.5) is 4.39 Å². The van der Waals surface area contributed by atoms with E-state index in [-0.39, 0.29) is 18.3 Å². The molecule has 1 amide bonds. The fourth-order valence-electron chi connectivity index (χ4n) is 2.42. The lowest BCUT2D eigenvalue weighted by Crippen LogP contribution is -2.34. The van der Waals surface area contributed by atoms with Crippen molar-refractivity contribution in [3.8, 4) is 0 Å². The zero-order valence-electron chi connectivity index (χ0n) is 11.2. The average Bonchev–Trinajstić information content (AvgIpc) is 3.27. The summed E-state index contributed by atoms with van der Waals surface area (Å²) in [6, 6.07) is 9.40. The quantitative estimate of drug-likeness (QED) is 0.908. The summed E-state index contributed by atoms with van der Waals surface area (Å²) < 4.78 is 13.7. The molecule has 0 bridgehead atoms. The second-order valence-corrected chi connectivity index (χ2v) is 5.41. The highest BCUT2D eigenvalue weighted by atomic mass is 19.1. The Morgan fingerprint density at radius 1 is 1.14 bits per heavy atom. The molecule has 0 unspecified atom stereocenters. The normalized spacial score (nSPS) is 15.7. The van der Waals surface area contributed by atoms with Crippen molar-refractivity contribution in [2.45, 2.75) is 12.8 Å². The summed E-state index contributed by atoms with van der Waals surface area (Å²) in [5, 5.41) is 12.6. The number of carbonyl (C=O) groups is 2. The van der Waals surface area contributed by atoms with Crippen LogP contribution in [0.5, 0.6) is 0 Å².